The van der Waals surface area contributed by atoms with Crippen LogP contribution >= 0.6 is 0 Å². The molecule has 3 aliphatic rings. The number of anilines is 1. The van der Waals surface area contributed by atoms with Crippen LogP contribution < -0.4 is 4.90 Å². The molecule has 0 spiro atoms. The van der Waals surface area contributed by atoms with Crippen LogP contribution in [0.5, 0.6) is 0 Å². The first-order valence-corrected chi connectivity index (χ1v) is 13.2. The molecule has 172 valence electrons. The molecule has 9 heteroatoms. The van der Waals surface area contributed by atoms with Gasteiger partial charge in [-0.3, -0.25) is 4.90 Å². The van der Waals surface area contributed by atoms with Gasteiger partial charge in [0.25, 0.3) is 0 Å². The lowest BCUT2D eigenvalue weighted by Crippen LogP contribution is -2.55. The molecule has 0 radical (unpaired) electrons. The van der Waals surface area contributed by atoms with Gasteiger partial charge in [0, 0.05) is 31.5 Å². The zero-order chi connectivity index (χ0) is 22.3. The van der Waals surface area contributed by atoms with Crippen molar-refractivity contribution in [1.82, 2.24) is 14.9 Å². The Morgan fingerprint density at radius 1 is 1.00 bits per heavy atom. The molecule has 1 saturated carbocycles. The van der Waals surface area contributed by atoms with Crippen molar-refractivity contribution >= 4 is 15.5 Å². The summed E-state index contributed by atoms with van der Waals surface area (Å²) in [4.78, 5) is 13.3. The first-order chi connectivity index (χ1) is 15.4. The van der Waals surface area contributed by atoms with E-state index in [1.165, 1.54) is 12.1 Å². The maximum atomic E-state index is 13.6. The molecule has 2 unspecified atom stereocenters. The number of nitrogens with zero attached hydrogens (tertiary/aromatic N) is 4. The highest BCUT2D eigenvalue weighted by Gasteiger charge is 2.38. The average Bonchev–Trinajstić information content (AvgIpc) is 3.65. The highest BCUT2D eigenvalue weighted by atomic mass is 32.2. The van der Waals surface area contributed by atoms with Gasteiger partial charge in [-0.1, -0.05) is 12.1 Å². The van der Waals surface area contributed by atoms with Crippen molar-refractivity contribution in [2.24, 2.45) is 5.92 Å². The van der Waals surface area contributed by atoms with E-state index in [4.69, 9.17) is 0 Å². The number of piperazine rings is 1. The van der Waals surface area contributed by atoms with Gasteiger partial charge in [-0.25, -0.2) is 22.8 Å². The first-order valence-electron chi connectivity index (χ1n) is 11.4. The Labute approximate surface area is 188 Å². The van der Waals surface area contributed by atoms with Gasteiger partial charge in [-0.2, -0.15) is 0 Å². The van der Waals surface area contributed by atoms with E-state index in [1.807, 2.05) is 17.3 Å². The largest absolute Gasteiger partial charge is 0.378 e. The maximum Gasteiger partial charge on any atom is 0.150 e. The van der Waals surface area contributed by atoms with Crippen molar-refractivity contribution in [2.75, 3.05) is 36.0 Å². The summed E-state index contributed by atoms with van der Waals surface area (Å²) >= 11 is 0. The molecule has 0 amide bonds. The molecule has 32 heavy (non-hydrogen) atoms. The van der Waals surface area contributed by atoms with E-state index in [1.54, 1.807) is 12.1 Å². The van der Waals surface area contributed by atoms with Crippen LogP contribution in [0.1, 0.15) is 49.0 Å². The van der Waals surface area contributed by atoms with E-state index in [-0.39, 0.29) is 29.3 Å². The minimum absolute atomic E-state index is 0.0887. The van der Waals surface area contributed by atoms with Gasteiger partial charge in [-0.05, 0) is 43.4 Å². The number of hydrogen-bond donors (Lipinski definition) is 1. The van der Waals surface area contributed by atoms with Crippen molar-refractivity contribution in [1.29, 1.82) is 0 Å². The molecule has 0 bridgehead atoms. The normalized spacial score (nSPS) is 25.6. The summed E-state index contributed by atoms with van der Waals surface area (Å²) in [5.41, 5.74) is 1.87. The average molecular weight is 461 g/mol. The second-order valence-corrected chi connectivity index (χ2v) is 11.5. The standard InChI is InChI=1S/C23H29FN4O3S/c24-19-5-3-16(4-6-19)21-15-27(20-13-25-22(26-14-20)17-1-2-17)9-10-28(21)23(29)18-7-11-32(30,31)12-8-18/h3-6,13-14,17-18,21,23,29H,1-2,7-12,15H2. The summed E-state index contributed by atoms with van der Waals surface area (Å²) in [5, 5.41) is 11.2. The van der Waals surface area contributed by atoms with Crippen molar-refractivity contribution in [2.45, 2.75) is 43.9 Å². The fourth-order valence-electron chi connectivity index (χ4n) is 4.85. The molecule has 2 aromatic rings. The molecule has 7 nitrogen and oxygen atoms in total. The van der Waals surface area contributed by atoms with Crippen molar-refractivity contribution in [3.63, 3.8) is 0 Å². The molecule has 2 atom stereocenters. The molecule has 5 rings (SSSR count). The number of aromatic nitrogens is 2. The molecular weight excluding hydrogens is 431 g/mol. The third kappa shape index (κ3) is 4.65. The quantitative estimate of drug-likeness (QED) is 0.734. The number of rotatable bonds is 5. The van der Waals surface area contributed by atoms with Gasteiger partial charge in [0.15, 0.2) is 0 Å². The lowest BCUT2D eigenvalue weighted by molar-refractivity contribution is -0.0713. The number of aliphatic hydroxyl groups excluding tert-OH is 1. The van der Waals surface area contributed by atoms with E-state index < -0.39 is 16.1 Å². The smallest absolute Gasteiger partial charge is 0.150 e. The lowest BCUT2D eigenvalue weighted by Gasteiger charge is -2.46. The molecular formula is C23H29FN4O3S. The molecule has 2 aliphatic heterocycles. The summed E-state index contributed by atoms with van der Waals surface area (Å²) in [5.74, 6) is 1.28. The number of sulfone groups is 1. The maximum absolute atomic E-state index is 13.6. The lowest BCUT2D eigenvalue weighted by atomic mass is 9.95. The summed E-state index contributed by atoms with van der Waals surface area (Å²) in [7, 11) is -2.99. The Hall–Kier alpha value is -2.10. The van der Waals surface area contributed by atoms with Gasteiger partial charge < -0.3 is 10.0 Å². The fourth-order valence-corrected chi connectivity index (χ4v) is 6.38. The van der Waals surface area contributed by atoms with E-state index in [0.29, 0.717) is 38.4 Å². The van der Waals surface area contributed by atoms with Gasteiger partial charge in [0.05, 0.1) is 35.6 Å². The summed E-state index contributed by atoms with van der Waals surface area (Å²) in [6.45, 7) is 1.92. The Kier molecular flexibility index (Phi) is 5.90. The predicted octanol–water partition coefficient (Wildman–Crippen LogP) is 2.50. The Balaban J connectivity index is 1.36. The van der Waals surface area contributed by atoms with Gasteiger partial charge in [0.1, 0.15) is 27.7 Å². The Bertz CT molecular complexity index is 1030. The first kappa shape index (κ1) is 21.7. The molecule has 1 aliphatic carbocycles. The zero-order valence-corrected chi connectivity index (χ0v) is 18.8. The SMILES string of the molecule is O=S1(=O)CCC(C(O)N2CCN(c3cnc(C4CC4)nc3)CC2c2ccc(F)cc2)CC1. The number of aliphatic hydroxyl groups is 1. The van der Waals surface area contributed by atoms with Crippen molar-refractivity contribution in [3.05, 3.63) is 53.9 Å². The Morgan fingerprint density at radius 3 is 2.28 bits per heavy atom. The summed E-state index contributed by atoms with van der Waals surface area (Å²) in [6, 6.07) is 6.27. The van der Waals surface area contributed by atoms with E-state index in [2.05, 4.69) is 14.9 Å². The van der Waals surface area contributed by atoms with Crippen molar-refractivity contribution in [3.8, 4) is 0 Å². The van der Waals surface area contributed by atoms with Crippen LogP contribution in [0.25, 0.3) is 0 Å². The third-order valence-corrected chi connectivity index (χ3v) is 8.72. The topological polar surface area (TPSA) is 86.6 Å². The van der Waals surface area contributed by atoms with Crippen LogP contribution in [0, 0.1) is 11.7 Å². The number of benzene rings is 1. The van der Waals surface area contributed by atoms with Crippen LogP contribution in [0.3, 0.4) is 0 Å². The van der Waals surface area contributed by atoms with Gasteiger partial charge in [-0.15, -0.1) is 0 Å². The Morgan fingerprint density at radius 2 is 1.66 bits per heavy atom. The monoisotopic (exact) mass is 460 g/mol. The number of hydrogen-bond acceptors (Lipinski definition) is 7. The minimum atomic E-state index is -2.99. The minimum Gasteiger partial charge on any atom is -0.378 e. The van der Waals surface area contributed by atoms with Crippen LogP contribution in [0.2, 0.25) is 0 Å². The molecule has 3 heterocycles. The van der Waals surface area contributed by atoms with Crippen LogP contribution in [-0.4, -0.2) is 65.8 Å². The van der Waals surface area contributed by atoms with Crippen LogP contribution in [0.15, 0.2) is 36.7 Å². The van der Waals surface area contributed by atoms with E-state index in [9.17, 15) is 17.9 Å². The molecule has 1 aromatic carbocycles. The number of halogens is 1. The van der Waals surface area contributed by atoms with Gasteiger partial charge >= 0.3 is 0 Å². The third-order valence-electron chi connectivity index (χ3n) is 7.00. The summed E-state index contributed by atoms with van der Waals surface area (Å²) < 4.78 is 37.2. The highest BCUT2D eigenvalue weighted by Crippen LogP contribution is 2.38. The van der Waals surface area contributed by atoms with Crippen molar-refractivity contribution < 1.29 is 17.9 Å². The zero-order valence-electron chi connectivity index (χ0n) is 18.0. The fraction of sp³-hybridized carbons (Fsp3) is 0.565. The molecule has 2 saturated heterocycles. The predicted molar refractivity (Wildman–Crippen MR) is 119 cm³/mol. The van der Waals surface area contributed by atoms with Crippen LogP contribution in [0.4, 0.5) is 10.1 Å². The molecule has 1 aromatic heterocycles. The van der Waals surface area contributed by atoms with E-state index in [0.717, 1.165) is 29.9 Å². The summed E-state index contributed by atoms with van der Waals surface area (Å²) in [6.07, 6.45) is 6.26. The van der Waals surface area contributed by atoms with E-state index >= 15 is 0 Å². The van der Waals surface area contributed by atoms with Gasteiger partial charge in [0.2, 0.25) is 0 Å². The second kappa shape index (κ2) is 8.68. The molecule has 1 N–H and O–H groups in total. The van der Waals surface area contributed by atoms with Crippen LogP contribution in [-0.2, 0) is 9.84 Å². The second-order valence-electron chi connectivity index (χ2n) is 9.23. The molecule has 3 fully saturated rings. The highest BCUT2D eigenvalue weighted by molar-refractivity contribution is 7.91.